The van der Waals surface area contributed by atoms with E-state index >= 15 is 0 Å². The van der Waals surface area contributed by atoms with Crippen LogP contribution in [0.2, 0.25) is 0 Å². The first kappa shape index (κ1) is 16.5. The molecule has 0 unspecified atom stereocenters. The molecule has 0 fully saturated rings. The molecule has 1 heterocycles. The summed E-state index contributed by atoms with van der Waals surface area (Å²) in [6, 6.07) is 15.8. The lowest BCUT2D eigenvalue weighted by Crippen LogP contribution is -2.32. The fourth-order valence-electron chi connectivity index (χ4n) is 2.73. The van der Waals surface area contributed by atoms with Crippen LogP contribution in [0.25, 0.3) is 0 Å². The number of para-hydroxylation sites is 1. The minimum absolute atomic E-state index is 0.278. The highest BCUT2D eigenvalue weighted by Gasteiger charge is 2.19. The van der Waals surface area contributed by atoms with Gasteiger partial charge in [-0.1, -0.05) is 18.2 Å². The monoisotopic (exact) mass is 345 g/mol. The third-order valence-electron chi connectivity index (χ3n) is 3.84. The van der Waals surface area contributed by atoms with Crippen molar-refractivity contribution in [1.29, 1.82) is 0 Å². The number of hydrogen-bond donors (Lipinski definition) is 2. The zero-order valence-corrected chi connectivity index (χ0v) is 14.1. The first-order chi connectivity index (χ1) is 11.4. The first-order valence-electron chi connectivity index (χ1n) is 7.62. The Hall–Kier alpha value is -2.38. The second-order valence-electron chi connectivity index (χ2n) is 5.72. The van der Waals surface area contributed by atoms with Crippen molar-refractivity contribution in [2.75, 3.05) is 29.6 Å². The molecule has 1 aliphatic heterocycles. The summed E-state index contributed by atoms with van der Waals surface area (Å²) in [5, 5.41) is 2.67. The summed E-state index contributed by atoms with van der Waals surface area (Å²) in [5.41, 5.74) is 4.24. The van der Waals surface area contributed by atoms with Gasteiger partial charge in [0.05, 0.1) is 12.8 Å². The van der Waals surface area contributed by atoms with Gasteiger partial charge in [-0.25, -0.2) is 13.1 Å². The van der Waals surface area contributed by atoms with Gasteiger partial charge in [0.25, 0.3) is 0 Å². The SMILES string of the molecule is CS(=O)(=O)NCC(=O)Nc1ccc(N2CCc3ccccc32)cc1. The maximum atomic E-state index is 11.7. The number of nitrogens with zero attached hydrogens (tertiary/aromatic N) is 1. The number of nitrogens with one attached hydrogen (secondary N) is 2. The maximum absolute atomic E-state index is 11.7. The topological polar surface area (TPSA) is 78.5 Å². The molecule has 1 aliphatic rings. The predicted molar refractivity (Wildman–Crippen MR) is 95.1 cm³/mol. The summed E-state index contributed by atoms with van der Waals surface area (Å²) in [6.45, 7) is 0.656. The van der Waals surface area contributed by atoms with Crippen LogP contribution in [0.15, 0.2) is 48.5 Å². The molecular formula is C17H19N3O3S. The van der Waals surface area contributed by atoms with Crippen LogP contribution in [0.4, 0.5) is 17.1 Å². The molecule has 2 aromatic carbocycles. The standard InChI is InChI=1S/C17H19N3O3S/c1-24(22,23)18-12-17(21)19-14-6-8-15(9-7-14)20-11-10-13-4-2-3-5-16(13)20/h2-9,18H,10-12H2,1H3,(H,19,21). The van der Waals surface area contributed by atoms with E-state index in [1.54, 1.807) is 0 Å². The highest BCUT2D eigenvalue weighted by Crippen LogP contribution is 2.34. The quantitative estimate of drug-likeness (QED) is 0.867. The van der Waals surface area contributed by atoms with Crippen LogP contribution in [-0.4, -0.2) is 33.7 Å². The Morgan fingerprint density at radius 2 is 1.83 bits per heavy atom. The molecular weight excluding hydrogens is 326 g/mol. The number of carbonyl (C=O) groups excluding carboxylic acids is 1. The summed E-state index contributed by atoms with van der Waals surface area (Å²) in [5.74, 6) is -0.403. The Morgan fingerprint density at radius 1 is 1.12 bits per heavy atom. The highest BCUT2D eigenvalue weighted by molar-refractivity contribution is 7.88. The van der Waals surface area contributed by atoms with E-state index in [2.05, 4.69) is 27.1 Å². The van der Waals surface area contributed by atoms with Crippen LogP contribution in [0.1, 0.15) is 5.56 Å². The van der Waals surface area contributed by atoms with Gasteiger partial charge in [-0.15, -0.1) is 0 Å². The summed E-state index contributed by atoms with van der Waals surface area (Å²) in [7, 11) is -3.38. The largest absolute Gasteiger partial charge is 0.341 e. The molecule has 2 N–H and O–H groups in total. The number of fused-ring (bicyclic) bond motifs is 1. The van der Waals surface area contributed by atoms with Crippen LogP contribution in [0.5, 0.6) is 0 Å². The third-order valence-corrected chi connectivity index (χ3v) is 4.51. The smallest absolute Gasteiger partial charge is 0.239 e. The molecule has 2 aromatic rings. The van der Waals surface area contributed by atoms with Gasteiger partial charge >= 0.3 is 0 Å². The molecule has 126 valence electrons. The van der Waals surface area contributed by atoms with Crippen LogP contribution < -0.4 is 14.9 Å². The summed E-state index contributed by atoms with van der Waals surface area (Å²) in [4.78, 5) is 14.0. The lowest BCUT2D eigenvalue weighted by molar-refractivity contribution is -0.115. The van der Waals surface area contributed by atoms with Crippen molar-refractivity contribution >= 4 is 33.0 Å². The number of carbonyl (C=O) groups is 1. The average Bonchev–Trinajstić information content (AvgIpc) is 2.97. The van der Waals surface area contributed by atoms with Crippen molar-refractivity contribution in [3.05, 3.63) is 54.1 Å². The van der Waals surface area contributed by atoms with E-state index < -0.39 is 15.9 Å². The highest BCUT2D eigenvalue weighted by atomic mass is 32.2. The normalized spacial score (nSPS) is 13.6. The second kappa shape index (κ2) is 6.62. The number of sulfonamides is 1. The van der Waals surface area contributed by atoms with Gasteiger partial charge in [0, 0.05) is 23.6 Å². The van der Waals surface area contributed by atoms with E-state index in [0.29, 0.717) is 5.69 Å². The van der Waals surface area contributed by atoms with Crippen LogP contribution in [-0.2, 0) is 21.2 Å². The van der Waals surface area contributed by atoms with E-state index in [4.69, 9.17) is 0 Å². The molecule has 0 saturated heterocycles. The molecule has 0 aromatic heterocycles. The van der Waals surface area contributed by atoms with Gasteiger partial charge in [-0.2, -0.15) is 0 Å². The molecule has 0 bridgehead atoms. The van der Waals surface area contributed by atoms with Gasteiger partial charge in [0.15, 0.2) is 0 Å². The van der Waals surface area contributed by atoms with E-state index in [9.17, 15) is 13.2 Å². The molecule has 24 heavy (non-hydrogen) atoms. The molecule has 3 rings (SSSR count). The molecule has 7 heteroatoms. The number of anilines is 3. The minimum Gasteiger partial charge on any atom is -0.341 e. The van der Waals surface area contributed by atoms with Crippen molar-refractivity contribution in [2.24, 2.45) is 0 Å². The molecule has 1 amide bonds. The predicted octanol–water partition coefficient (Wildman–Crippen LogP) is 1.87. The van der Waals surface area contributed by atoms with Crippen molar-refractivity contribution in [3.8, 4) is 0 Å². The maximum Gasteiger partial charge on any atom is 0.239 e. The van der Waals surface area contributed by atoms with E-state index in [1.807, 2.05) is 36.4 Å². The molecule has 0 aliphatic carbocycles. The molecule has 0 atom stereocenters. The molecule has 0 radical (unpaired) electrons. The van der Waals surface area contributed by atoms with Crippen LogP contribution in [0.3, 0.4) is 0 Å². The number of hydrogen-bond acceptors (Lipinski definition) is 4. The van der Waals surface area contributed by atoms with Crippen molar-refractivity contribution < 1.29 is 13.2 Å². The lowest BCUT2D eigenvalue weighted by Gasteiger charge is -2.20. The van der Waals surface area contributed by atoms with Crippen molar-refractivity contribution in [1.82, 2.24) is 4.72 Å². The van der Waals surface area contributed by atoms with Gasteiger partial charge in [-0.3, -0.25) is 4.79 Å². The Kier molecular flexibility index (Phi) is 4.55. The first-order valence-corrected chi connectivity index (χ1v) is 9.51. The summed E-state index contributed by atoms with van der Waals surface area (Å²) < 4.78 is 24.1. The zero-order valence-electron chi connectivity index (χ0n) is 13.3. The fraction of sp³-hybridized carbons (Fsp3) is 0.235. The van der Waals surface area contributed by atoms with E-state index in [-0.39, 0.29) is 6.54 Å². The Labute approximate surface area is 141 Å². The van der Waals surface area contributed by atoms with E-state index in [1.165, 1.54) is 11.3 Å². The van der Waals surface area contributed by atoms with Gasteiger partial charge in [0.2, 0.25) is 15.9 Å². The number of amides is 1. The molecule has 0 spiro atoms. The van der Waals surface area contributed by atoms with Crippen molar-refractivity contribution in [2.45, 2.75) is 6.42 Å². The lowest BCUT2D eigenvalue weighted by atomic mass is 10.2. The van der Waals surface area contributed by atoms with Gasteiger partial charge < -0.3 is 10.2 Å². The Bertz CT molecular complexity index is 848. The van der Waals surface area contributed by atoms with Gasteiger partial charge in [-0.05, 0) is 42.3 Å². The van der Waals surface area contributed by atoms with Crippen LogP contribution >= 0.6 is 0 Å². The number of benzene rings is 2. The second-order valence-corrected chi connectivity index (χ2v) is 7.55. The Morgan fingerprint density at radius 3 is 2.54 bits per heavy atom. The number of rotatable bonds is 5. The summed E-state index contributed by atoms with van der Waals surface area (Å²) >= 11 is 0. The Balaban J connectivity index is 1.65. The average molecular weight is 345 g/mol. The third kappa shape index (κ3) is 3.93. The molecule has 0 saturated carbocycles. The summed E-state index contributed by atoms with van der Waals surface area (Å²) in [6.07, 6.45) is 2.04. The van der Waals surface area contributed by atoms with E-state index in [0.717, 1.165) is 24.9 Å². The molecule has 6 nitrogen and oxygen atoms in total. The minimum atomic E-state index is -3.38. The zero-order chi connectivity index (χ0) is 17.2. The fourth-order valence-corrected chi connectivity index (χ4v) is 3.13. The van der Waals surface area contributed by atoms with Crippen LogP contribution in [0, 0.1) is 0 Å². The van der Waals surface area contributed by atoms with Crippen molar-refractivity contribution in [3.63, 3.8) is 0 Å². The van der Waals surface area contributed by atoms with Gasteiger partial charge in [0.1, 0.15) is 0 Å².